The fourth-order valence-corrected chi connectivity index (χ4v) is 4.44. The van der Waals surface area contributed by atoms with Gasteiger partial charge < -0.3 is 14.8 Å². The number of nitrogens with zero attached hydrogens (tertiary/aromatic N) is 3. The number of aromatic nitrogens is 3. The summed E-state index contributed by atoms with van der Waals surface area (Å²) >= 11 is 0. The Morgan fingerprint density at radius 3 is 2.80 bits per heavy atom. The monoisotopic (exact) mass is 482 g/mol. The molecule has 1 N–H and O–H groups in total. The van der Waals surface area contributed by atoms with Crippen molar-refractivity contribution in [1.29, 1.82) is 0 Å². The van der Waals surface area contributed by atoms with Gasteiger partial charge in [0.15, 0.2) is 0 Å². The van der Waals surface area contributed by atoms with Gasteiger partial charge in [0.1, 0.15) is 11.6 Å². The first-order valence-electron chi connectivity index (χ1n) is 11.4. The molecule has 2 aromatic carbocycles. The van der Waals surface area contributed by atoms with Crippen LogP contribution in [-0.4, -0.2) is 35.1 Å². The Balaban J connectivity index is 1.48. The van der Waals surface area contributed by atoms with Crippen LogP contribution in [0.15, 0.2) is 55.0 Å². The molecule has 0 bridgehead atoms. The summed E-state index contributed by atoms with van der Waals surface area (Å²) in [5.41, 5.74) is 2.71. The third kappa shape index (κ3) is 4.68. The number of anilines is 1. The number of pyridine rings is 1. The van der Waals surface area contributed by atoms with E-state index in [1.54, 1.807) is 19.4 Å². The summed E-state index contributed by atoms with van der Waals surface area (Å²) in [6, 6.07) is 9.91. The summed E-state index contributed by atoms with van der Waals surface area (Å²) in [4.78, 5) is 4.45. The maximum atomic E-state index is 14.5. The van der Waals surface area contributed by atoms with Gasteiger partial charge >= 0.3 is 0 Å². The van der Waals surface area contributed by atoms with Gasteiger partial charge in [-0.05, 0) is 25.0 Å². The summed E-state index contributed by atoms with van der Waals surface area (Å²) in [6.45, 7) is 1.50. The Morgan fingerprint density at radius 1 is 1.20 bits per heavy atom. The smallest absolute Gasteiger partial charge is 0.266 e. The van der Waals surface area contributed by atoms with E-state index in [0.29, 0.717) is 23.0 Å². The van der Waals surface area contributed by atoms with E-state index in [4.69, 9.17) is 9.47 Å². The standard InChI is InChI=1S/C26H25F3N4O2/c1-34-24-12-23-21(11-20(24)17-14-32-33(15-17)18-6-9-35-10-7-18)22(5-8-30-23)31-13-16-3-2-4-19(25(16)27)26(28)29/h2-5,8,11-12,14-15,18,26H,6-7,9-10,13H2,1H3,(H,30,31). The quantitative estimate of drug-likeness (QED) is 0.343. The molecule has 0 amide bonds. The van der Waals surface area contributed by atoms with Crippen LogP contribution in [0, 0.1) is 5.82 Å². The van der Waals surface area contributed by atoms with Gasteiger partial charge in [0.25, 0.3) is 6.43 Å². The molecule has 1 fully saturated rings. The highest BCUT2D eigenvalue weighted by molar-refractivity contribution is 5.96. The number of methoxy groups -OCH3 is 1. The van der Waals surface area contributed by atoms with Crippen LogP contribution in [0.3, 0.4) is 0 Å². The van der Waals surface area contributed by atoms with E-state index in [0.717, 1.165) is 48.6 Å². The summed E-state index contributed by atoms with van der Waals surface area (Å²) in [5.74, 6) is -0.236. The van der Waals surface area contributed by atoms with Crippen LogP contribution >= 0.6 is 0 Å². The topological polar surface area (TPSA) is 61.2 Å². The predicted octanol–water partition coefficient (Wildman–Crippen LogP) is 6.15. The molecule has 0 spiro atoms. The van der Waals surface area contributed by atoms with Crippen molar-refractivity contribution < 1.29 is 22.6 Å². The summed E-state index contributed by atoms with van der Waals surface area (Å²) < 4.78 is 53.8. The van der Waals surface area contributed by atoms with Crippen LogP contribution in [0.5, 0.6) is 5.75 Å². The van der Waals surface area contributed by atoms with E-state index in [1.165, 1.54) is 12.1 Å². The van der Waals surface area contributed by atoms with Crippen molar-refractivity contribution in [2.75, 3.05) is 25.6 Å². The molecule has 9 heteroatoms. The zero-order chi connectivity index (χ0) is 24.4. The van der Waals surface area contributed by atoms with Gasteiger partial charge in [0, 0.05) is 66.0 Å². The molecule has 2 aromatic heterocycles. The number of nitrogens with one attached hydrogen (secondary N) is 1. The minimum atomic E-state index is -2.87. The number of halogens is 3. The van der Waals surface area contributed by atoms with Gasteiger partial charge in [-0.1, -0.05) is 18.2 Å². The maximum absolute atomic E-state index is 14.5. The molecule has 0 radical (unpaired) electrons. The van der Waals surface area contributed by atoms with Gasteiger partial charge in [-0.15, -0.1) is 0 Å². The zero-order valence-corrected chi connectivity index (χ0v) is 19.2. The van der Waals surface area contributed by atoms with Gasteiger partial charge in [0.05, 0.1) is 30.4 Å². The van der Waals surface area contributed by atoms with Gasteiger partial charge in [0.2, 0.25) is 0 Å². The lowest BCUT2D eigenvalue weighted by atomic mass is 10.0. The zero-order valence-electron chi connectivity index (χ0n) is 19.2. The molecule has 6 nitrogen and oxygen atoms in total. The summed E-state index contributed by atoms with van der Waals surface area (Å²) in [7, 11) is 1.61. The molecule has 0 unspecified atom stereocenters. The van der Waals surface area contributed by atoms with Crippen molar-refractivity contribution in [3.05, 3.63) is 71.9 Å². The number of benzene rings is 2. The number of alkyl halides is 2. The largest absolute Gasteiger partial charge is 0.496 e. The second-order valence-electron chi connectivity index (χ2n) is 8.46. The first-order chi connectivity index (χ1) is 17.0. The van der Waals surface area contributed by atoms with Crippen LogP contribution in [0.2, 0.25) is 0 Å². The molecular formula is C26H25F3N4O2. The fourth-order valence-electron chi connectivity index (χ4n) is 4.44. The van der Waals surface area contributed by atoms with Crippen molar-refractivity contribution in [3.63, 3.8) is 0 Å². The van der Waals surface area contributed by atoms with E-state index in [9.17, 15) is 13.2 Å². The van der Waals surface area contributed by atoms with E-state index in [2.05, 4.69) is 15.4 Å². The van der Waals surface area contributed by atoms with Crippen LogP contribution < -0.4 is 10.1 Å². The van der Waals surface area contributed by atoms with Crippen LogP contribution in [-0.2, 0) is 11.3 Å². The molecule has 182 valence electrons. The van der Waals surface area contributed by atoms with Crippen molar-refractivity contribution >= 4 is 16.6 Å². The van der Waals surface area contributed by atoms with Gasteiger partial charge in [-0.2, -0.15) is 5.10 Å². The molecule has 3 heterocycles. The second-order valence-corrected chi connectivity index (χ2v) is 8.46. The fraction of sp³-hybridized carbons (Fsp3) is 0.308. The number of hydrogen-bond acceptors (Lipinski definition) is 5. The minimum absolute atomic E-state index is 0.0502. The first-order valence-corrected chi connectivity index (χ1v) is 11.4. The molecule has 0 saturated carbocycles. The lowest BCUT2D eigenvalue weighted by Crippen LogP contribution is -2.19. The van der Waals surface area contributed by atoms with Crippen molar-refractivity contribution in [1.82, 2.24) is 14.8 Å². The number of ether oxygens (including phenoxy) is 2. The second kappa shape index (κ2) is 9.95. The minimum Gasteiger partial charge on any atom is -0.496 e. The number of fused-ring (bicyclic) bond motifs is 1. The first kappa shape index (κ1) is 23.2. The van der Waals surface area contributed by atoms with Crippen molar-refractivity contribution in [2.24, 2.45) is 0 Å². The normalized spacial score (nSPS) is 14.5. The van der Waals surface area contributed by atoms with Crippen LogP contribution in [0.25, 0.3) is 22.0 Å². The number of hydrogen-bond donors (Lipinski definition) is 1. The highest BCUT2D eigenvalue weighted by atomic mass is 19.3. The van der Waals surface area contributed by atoms with Crippen molar-refractivity contribution in [3.8, 4) is 16.9 Å². The Morgan fingerprint density at radius 2 is 2.03 bits per heavy atom. The molecule has 35 heavy (non-hydrogen) atoms. The molecule has 1 aliphatic rings. The van der Waals surface area contributed by atoms with Crippen LogP contribution in [0.4, 0.5) is 18.9 Å². The molecule has 1 aliphatic heterocycles. The summed E-state index contributed by atoms with van der Waals surface area (Å²) in [6.07, 6.45) is 4.42. The average Bonchev–Trinajstić information content (AvgIpc) is 3.38. The highest BCUT2D eigenvalue weighted by Crippen LogP contribution is 2.37. The van der Waals surface area contributed by atoms with Crippen LogP contribution in [0.1, 0.15) is 36.4 Å². The number of rotatable bonds is 7. The summed E-state index contributed by atoms with van der Waals surface area (Å²) in [5, 5.41) is 8.56. The van der Waals surface area contributed by atoms with E-state index in [-0.39, 0.29) is 12.1 Å². The Labute approximate surface area is 200 Å². The molecule has 0 aliphatic carbocycles. The Hall–Kier alpha value is -3.59. The molecule has 5 rings (SSSR count). The molecular weight excluding hydrogens is 457 g/mol. The van der Waals surface area contributed by atoms with E-state index < -0.39 is 17.8 Å². The maximum Gasteiger partial charge on any atom is 0.266 e. The Bertz CT molecular complexity index is 1340. The Kier molecular flexibility index (Phi) is 6.59. The third-order valence-corrected chi connectivity index (χ3v) is 6.35. The molecule has 0 atom stereocenters. The SMILES string of the molecule is COc1cc2nccc(NCc3cccc(C(F)F)c3F)c2cc1-c1cnn(C2CCOCC2)c1. The van der Waals surface area contributed by atoms with E-state index in [1.807, 2.05) is 29.2 Å². The lowest BCUT2D eigenvalue weighted by Gasteiger charge is -2.22. The van der Waals surface area contributed by atoms with Gasteiger partial charge in [-0.25, -0.2) is 13.2 Å². The lowest BCUT2D eigenvalue weighted by molar-refractivity contribution is 0.0662. The third-order valence-electron chi connectivity index (χ3n) is 6.35. The van der Waals surface area contributed by atoms with Gasteiger partial charge in [-0.3, -0.25) is 9.67 Å². The predicted molar refractivity (Wildman–Crippen MR) is 127 cm³/mol. The highest BCUT2D eigenvalue weighted by Gasteiger charge is 2.19. The molecule has 1 saturated heterocycles. The molecule has 4 aromatic rings. The van der Waals surface area contributed by atoms with Crippen molar-refractivity contribution in [2.45, 2.75) is 31.9 Å². The average molecular weight is 483 g/mol. The van der Waals surface area contributed by atoms with E-state index >= 15 is 0 Å².